The lowest BCUT2D eigenvalue weighted by Gasteiger charge is -2.26. The zero-order chi connectivity index (χ0) is 12.9. The normalized spacial score (nSPS) is 10.6. The van der Waals surface area contributed by atoms with Crippen LogP contribution >= 0.6 is 0 Å². The molecule has 0 atom stereocenters. The Morgan fingerprint density at radius 1 is 1.47 bits per heavy atom. The molecule has 4 nitrogen and oxygen atoms in total. The van der Waals surface area contributed by atoms with E-state index in [1.165, 1.54) is 6.07 Å². The average Bonchev–Trinajstić information content (AvgIpc) is 2.26. The number of nitrogens with zero attached hydrogens (tertiary/aromatic N) is 1. The van der Waals surface area contributed by atoms with Gasteiger partial charge in [0.1, 0.15) is 16.9 Å². The number of carboxylic acid groups (broad SMARTS) is 1. The van der Waals surface area contributed by atoms with Gasteiger partial charge < -0.3 is 9.84 Å². The Labute approximate surface area is 100 Å². The maximum Gasteiger partial charge on any atom is 0.339 e. The number of carbonyl (C=O) groups is 1. The smallest absolute Gasteiger partial charge is 0.339 e. The number of rotatable bonds is 5. The molecule has 0 heterocycles. The molecular formula is C13H15NO3. The summed E-state index contributed by atoms with van der Waals surface area (Å²) < 4.78 is 5.66. The molecule has 0 aromatic heterocycles. The van der Waals surface area contributed by atoms with Gasteiger partial charge in [-0.25, -0.2) is 4.79 Å². The van der Waals surface area contributed by atoms with Gasteiger partial charge in [-0.2, -0.15) is 5.26 Å². The largest absolute Gasteiger partial charge is 0.487 e. The fourth-order valence-corrected chi connectivity index (χ4v) is 1.44. The minimum atomic E-state index is -1.02. The first-order valence-corrected chi connectivity index (χ1v) is 5.34. The van der Waals surface area contributed by atoms with Gasteiger partial charge in [-0.15, -0.1) is 0 Å². The van der Waals surface area contributed by atoms with Gasteiger partial charge in [0.25, 0.3) is 0 Å². The zero-order valence-electron chi connectivity index (χ0n) is 9.93. The highest BCUT2D eigenvalue weighted by atomic mass is 16.5. The summed E-state index contributed by atoms with van der Waals surface area (Å²) in [7, 11) is 0. The number of carboxylic acids is 1. The van der Waals surface area contributed by atoms with Gasteiger partial charge in [0, 0.05) is 6.42 Å². The average molecular weight is 233 g/mol. The van der Waals surface area contributed by atoms with Crippen molar-refractivity contribution < 1.29 is 14.6 Å². The van der Waals surface area contributed by atoms with Gasteiger partial charge in [-0.1, -0.05) is 12.1 Å². The number of para-hydroxylation sites is 1. The first-order chi connectivity index (χ1) is 7.96. The molecule has 1 rings (SSSR count). The second-order valence-electron chi connectivity index (χ2n) is 4.32. The fourth-order valence-electron chi connectivity index (χ4n) is 1.44. The predicted molar refractivity (Wildman–Crippen MR) is 63.0 cm³/mol. The molecule has 4 heteroatoms. The van der Waals surface area contributed by atoms with E-state index in [4.69, 9.17) is 15.1 Å². The molecule has 0 amide bonds. The SMILES string of the molecule is CC(C)(CCC#N)Oc1ccccc1C(=O)O. The van der Waals surface area contributed by atoms with E-state index >= 15 is 0 Å². The molecule has 0 unspecified atom stereocenters. The van der Waals surface area contributed by atoms with Crippen molar-refractivity contribution in [2.45, 2.75) is 32.3 Å². The van der Waals surface area contributed by atoms with Crippen molar-refractivity contribution in [2.24, 2.45) is 0 Å². The summed E-state index contributed by atoms with van der Waals surface area (Å²) in [5.41, 5.74) is -0.418. The lowest BCUT2D eigenvalue weighted by Crippen LogP contribution is -2.28. The van der Waals surface area contributed by atoms with Gasteiger partial charge in [-0.3, -0.25) is 0 Å². The maximum atomic E-state index is 11.0. The van der Waals surface area contributed by atoms with Gasteiger partial charge in [-0.05, 0) is 32.4 Å². The van der Waals surface area contributed by atoms with Crippen molar-refractivity contribution in [2.75, 3.05) is 0 Å². The van der Waals surface area contributed by atoms with E-state index in [9.17, 15) is 4.79 Å². The summed E-state index contributed by atoms with van der Waals surface area (Å²) >= 11 is 0. The van der Waals surface area contributed by atoms with Gasteiger partial charge in [0.05, 0.1) is 6.07 Å². The molecule has 1 N–H and O–H groups in total. The second-order valence-corrected chi connectivity index (χ2v) is 4.32. The van der Waals surface area contributed by atoms with Crippen LogP contribution in [0.25, 0.3) is 0 Å². The summed E-state index contributed by atoms with van der Waals surface area (Å²) in [5, 5.41) is 17.5. The highest BCUT2D eigenvalue weighted by molar-refractivity contribution is 5.90. The highest BCUT2D eigenvalue weighted by Crippen LogP contribution is 2.25. The summed E-state index contributed by atoms with van der Waals surface area (Å²) in [4.78, 5) is 11.0. The summed E-state index contributed by atoms with van der Waals surface area (Å²) in [6, 6.07) is 8.55. The molecule has 0 aliphatic heterocycles. The molecule has 0 aliphatic rings. The van der Waals surface area contributed by atoms with Crippen LogP contribution in [-0.2, 0) is 0 Å². The summed E-state index contributed by atoms with van der Waals surface area (Å²) in [6.45, 7) is 3.67. The third-order valence-corrected chi connectivity index (χ3v) is 2.34. The van der Waals surface area contributed by atoms with E-state index in [2.05, 4.69) is 6.07 Å². The molecule has 0 fully saturated rings. The molecule has 1 aromatic carbocycles. The maximum absolute atomic E-state index is 11.0. The van der Waals surface area contributed by atoms with Crippen LogP contribution in [0.2, 0.25) is 0 Å². The lowest BCUT2D eigenvalue weighted by atomic mass is 10.0. The zero-order valence-corrected chi connectivity index (χ0v) is 9.93. The van der Waals surface area contributed by atoms with Gasteiger partial charge in [0.2, 0.25) is 0 Å². The van der Waals surface area contributed by atoms with Crippen LogP contribution in [-0.4, -0.2) is 16.7 Å². The fraction of sp³-hybridized carbons (Fsp3) is 0.385. The van der Waals surface area contributed by atoms with Crippen molar-refractivity contribution in [3.8, 4) is 11.8 Å². The molecule has 17 heavy (non-hydrogen) atoms. The van der Waals surface area contributed by atoms with E-state index < -0.39 is 11.6 Å². The van der Waals surface area contributed by atoms with E-state index in [0.29, 0.717) is 18.6 Å². The Kier molecular flexibility index (Phi) is 4.11. The first kappa shape index (κ1) is 13.0. The van der Waals surface area contributed by atoms with Crippen LogP contribution in [0.1, 0.15) is 37.0 Å². The third-order valence-electron chi connectivity index (χ3n) is 2.34. The molecule has 1 aromatic rings. The number of hydrogen-bond acceptors (Lipinski definition) is 3. The Hall–Kier alpha value is -2.02. The Morgan fingerprint density at radius 2 is 2.12 bits per heavy atom. The topological polar surface area (TPSA) is 70.3 Å². The standard InChI is InChI=1S/C13H15NO3/c1-13(2,8-5-9-14)17-11-7-4-3-6-10(11)12(15)16/h3-4,6-7H,5,8H2,1-2H3,(H,15,16). The van der Waals surface area contributed by atoms with E-state index in [1.807, 2.05) is 13.8 Å². The highest BCUT2D eigenvalue weighted by Gasteiger charge is 2.22. The van der Waals surface area contributed by atoms with Gasteiger partial charge in [0.15, 0.2) is 0 Å². The van der Waals surface area contributed by atoms with Crippen molar-refractivity contribution in [1.82, 2.24) is 0 Å². The number of hydrogen-bond donors (Lipinski definition) is 1. The van der Waals surface area contributed by atoms with E-state index in [-0.39, 0.29) is 5.56 Å². The molecule has 0 aliphatic carbocycles. The third kappa shape index (κ3) is 3.80. The second kappa shape index (κ2) is 5.35. The molecule has 0 radical (unpaired) electrons. The van der Waals surface area contributed by atoms with Crippen molar-refractivity contribution >= 4 is 5.97 Å². The van der Waals surface area contributed by atoms with Crippen molar-refractivity contribution in [3.05, 3.63) is 29.8 Å². The van der Waals surface area contributed by atoms with Crippen LogP contribution < -0.4 is 4.74 Å². The number of nitriles is 1. The Morgan fingerprint density at radius 3 is 2.71 bits per heavy atom. The van der Waals surface area contributed by atoms with Gasteiger partial charge >= 0.3 is 5.97 Å². The molecule has 0 spiro atoms. The van der Waals surface area contributed by atoms with Crippen LogP contribution in [0.15, 0.2) is 24.3 Å². The quantitative estimate of drug-likeness (QED) is 0.848. The predicted octanol–water partition coefficient (Wildman–Crippen LogP) is 2.85. The number of ether oxygens (including phenoxy) is 1. The number of benzene rings is 1. The first-order valence-electron chi connectivity index (χ1n) is 5.34. The van der Waals surface area contributed by atoms with Crippen LogP contribution in [0.3, 0.4) is 0 Å². The monoisotopic (exact) mass is 233 g/mol. The van der Waals surface area contributed by atoms with Crippen molar-refractivity contribution in [1.29, 1.82) is 5.26 Å². The Bertz CT molecular complexity index is 446. The molecular weight excluding hydrogens is 218 g/mol. The minimum Gasteiger partial charge on any atom is -0.487 e. The summed E-state index contributed by atoms with van der Waals surface area (Å²) in [5.74, 6) is -0.681. The number of aromatic carboxylic acids is 1. The van der Waals surface area contributed by atoms with Crippen LogP contribution in [0.5, 0.6) is 5.75 Å². The van der Waals surface area contributed by atoms with Crippen LogP contribution in [0.4, 0.5) is 0 Å². The lowest BCUT2D eigenvalue weighted by molar-refractivity contribution is 0.0669. The molecule has 0 saturated heterocycles. The minimum absolute atomic E-state index is 0.137. The summed E-state index contributed by atoms with van der Waals surface area (Å²) in [6.07, 6.45) is 0.930. The molecule has 0 saturated carbocycles. The van der Waals surface area contributed by atoms with E-state index in [1.54, 1.807) is 18.2 Å². The van der Waals surface area contributed by atoms with Crippen molar-refractivity contribution in [3.63, 3.8) is 0 Å². The Balaban J connectivity index is 2.88. The van der Waals surface area contributed by atoms with E-state index in [0.717, 1.165) is 0 Å². The molecule has 0 bridgehead atoms. The van der Waals surface area contributed by atoms with Crippen LogP contribution in [0, 0.1) is 11.3 Å². The molecule has 90 valence electrons.